The van der Waals surface area contributed by atoms with E-state index in [2.05, 4.69) is 6.92 Å². The summed E-state index contributed by atoms with van der Waals surface area (Å²) in [6, 6.07) is 16.5. The van der Waals surface area contributed by atoms with Gasteiger partial charge >= 0.3 is 0 Å². The molecule has 0 aliphatic rings. The number of unbranched alkanes of at least 4 members (excludes halogenated alkanes) is 2. The molecule has 0 aliphatic heterocycles. The van der Waals surface area contributed by atoms with E-state index in [0.717, 1.165) is 35.8 Å². The molecule has 0 amide bonds. The van der Waals surface area contributed by atoms with Gasteiger partial charge in [0, 0.05) is 10.9 Å². The maximum absolute atomic E-state index is 15.2. The van der Waals surface area contributed by atoms with E-state index >= 15 is 4.39 Å². The highest BCUT2D eigenvalue weighted by molar-refractivity contribution is 6.30. The third-order valence-electron chi connectivity index (χ3n) is 6.70. The highest BCUT2D eigenvalue weighted by Gasteiger charge is 2.13. The number of benzene rings is 4. The third-order valence-corrected chi connectivity index (χ3v) is 7.01. The molecule has 0 atom stereocenters. The lowest BCUT2D eigenvalue weighted by Gasteiger charge is -2.11. The van der Waals surface area contributed by atoms with Crippen LogP contribution in [0, 0.1) is 23.3 Å². The molecular weight excluding hydrogens is 484 g/mol. The Morgan fingerprint density at radius 1 is 0.611 bits per heavy atom. The van der Waals surface area contributed by atoms with Crippen LogP contribution >= 0.6 is 11.6 Å². The van der Waals surface area contributed by atoms with Crippen LogP contribution in [0.2, 0.25) is 5.02 Å². The van der Waals surface area contributed by atoms with Crippen LogP contribution in [-0.2, 0) is 32.1 Å². The summed E-state index contributed by atoms with van der Waals surface area (Å²) < 4.78 is 58.0. The van der Waals surface area contributed by atoms with E-state index in [9.17, 15) is 13.2 Å². The highest BCUT2D eigenvalue weighted by Crippen LogP contribution is 2.26. The first-order valence-electron chi connectivity index (χ1n) is 12.5. The Kier molecular flexibility index (Phi) is 8.68. The van der Waals surface area contributed by atoms with Crippen molar-refractivity contribution in [3.63, 3.8) is 0 Å². The predicted octanol–water partition coefficient (Wildman–Crippen LogP) is 9.35. The standard InChI is InChI=1S/C31H29ClF4/c1-2-3-4-5-22-18-28(33)26(29(34)19-22)14-8-20-7-13-25-24(16-20)12-11-23(31(25)36)10-6-21-9-15-27(32)30(35)17-21/h7,9,11-13,15-19H,2-6,8,10,14H2,1H3. The quantitative estimate of drug-likeness (QED) is 0.147. The zero-order chi connectivity index (χ0) is 25.7. The molecule has 0 spiro atoms. The average molecular weight is 513 g/mol. The first-order valence-corrected chi connectivity index (χ1v) is 12.8. The summed E-state index contributed by atoms with van der Waals surface area (Å²) in [6.45, 7) is 2.09. The fraction of sp³-hybridized carbons (Fsp3) is 0.290. The molecule has 0 saturated carbocycles. The Bertz CT molecular complexity index is 1340. The minimum Gasteiger partial charge on any atom is -0.207 e. The van der Waals surface area contributed by atoms with Gasteiger partial charge in [-0.05, 0) is 90.4 Å². The second-order valence-corrected chi connectivity index (χ2v) is 9.74. The summed E-state index contributed by atoms with van der Waals surface area (Å²) in [6.07, 6.45) is 5.30. The zero-order valence-corrected chi connectivity index (χ0v) is 21.1. The summed E-state index contributed by atoms with van der Waals surface area (Å²) in [5.41, 5.74) is 2.97. The summed E-state index contributed by atoms with van der Waals surface area (Å²) >= 11 is 5.73. The number of aryl methyl sites for hydroxylation is 4. The average Bonchev–Trinajstić information content (AvgIpc) is 2.85. The maximum atomic E-state index is 15.2. The number of rotatable bonds is 10. The smallest absolute Gasteiger partial charge is 0.142 e. The van der Waals surface area contributed by atoms with Gasteiger partial charge in [0.05, 0.1) is 5.02 Å². The molecule has 4 rings (SSSR count). The molecule has 0 bridgehead atoms. The molecule has 0 unspecified atom stereocenters. The summed E-state index contributed by atoms with van der Waals surface area (Å²) in [5.74, 6) is -1.79. The van der Waals surface area contributed by atoms with Crippen molar-refractivity contribution in [1.82, 2.24) is 0 Å². The van der Waals surface area contributed by atoms with Crippen LogP contribution in [0.1, 0.15) is 54.0 Å². The number of hydrogen-bond donors (Lipinski definition) is 0. The molecule has 188 valence electrons. The minimum absolute atomic E-state index is 0.0661. The van der Waals surface area contributed by atoms with E-state index in [1.165, 1.54) is 24.3 Å². The van der Waals surface area contributed by atoms with Crippen molar-refractivity contribution in [3.8, 4) is 0 Å². The summed E-state index contributed by atoms with van der Waals surface area (Å²) in [5, 5.41) is 1.29. The Balaban J connectivity index is 1.44. The van der Waals surface area contributed by atoms with Gasteiger partial charge in [-0.1, -0.05) is 67.8 Å². The molecule has 0 N–H and O–H groups in total. The van der Waals surface area contributed by atoms with Gasteiger partial charge in [-0.15, -0.1) is 0 Å². The van der Waals surface area contributed by atoms with Gasteiger partial charge in [0.2, 0.25) is 0 Å². The van der Waals surface area contributed by atoms with Crippen LogP contribution < -0.4 is 0 Å². The lowest BCUT2D eigenvalue weighted by molar-refractivity contribution is 0.550. The van der Waals surface area contributed by atoms with Gasteiger partial charge in [0.15, 0.2) is 0 Å². The van der Waals surface area contributed by atoms with Crippen molar-refractivity contribution in [3.05, 3.63) is 117 Å². The monoisotopic (exact) mass is 512 g/mol. The van der Waals surface area contributed by atoms with E-state index in [-0.39, 0.29) is 22.8 Å². The van der Waals surface area contributed by atoms with Gasteiger partial charge in [-0.25, -0.2) is 17.6 Å². The summed E-state index contributed by atoms with van der Waals surface area (Å²) in [4.78, 5) is 0. The molecule has 4 aromatic carbocycles. The first kappa shape index (κ1) is 26.2. The van der Waals surface area contributed by atoms with Crippen LogP contribution in [0.4, 0.5) is 17.6 Å². The fourth-order valence-corrected chi connectivity index (χ4v) is 4.71. The minimum atomic E-state index is -0.501. The van der Waals surface area contributed by atoms with Gasteiger partial charge in [0.1, 0.15) is 23.3 Å². The molecule has 0 fully saturated rings. The first-order chi connectivity index (χ1) is 17.4. The number of halogens is 5. The molecule has 0 nitrogen and oxygen atoms in total. The zero-order valence-electron chi connectivity index (χ0n) is 20.3. The fourth-order valence-electron chi connectivity index (χ4n) is 4.60. The normalized spacial score (nSPS) is 11.4. The molecule has 4 aromatic rings. The van der Waals surface area contributed by atoms with E-state index in [1.54, 1.807) is 24.3 Å². The van der Waals surface area contributed by atoms with Crippen molar-refractivity contribution in [2.75, 3.05) is 0 Å². The maximum Gasteiger partial charge on any atom is 0.142 e. The largest absolute Gasteiger partial charge is 0.207 e. The molecule has 0 aliphatic carbocycles. The van der Waals surface area contributed by atoms with Crippen molar-refractivity contribution in [2.24, 2.45) is 0 Å². The van der Waals surface area contributed by atoms with E-state index in [4.69, 9.17) is 11.6 Å². The Labute approximate surface area is 214 Å². The third kappa shape index (κ3) is 6.28. The van der Waals surface area contributed by atoms with E-state index in [1.807, 2.05) is 12.1 Å². The van der Waals surface area contributed by atoms with Gasteiger partial charge in [-0.2, -0.15) is 0 Å². The lowest BCUT2D eigenvalue weighted by atomic mass is 9.96. The van der Waals surface area contributed by atoms with Crippen LogP contribution in [-0.4, -0.2) is 0 Å². The molecular formula is C31H29ClF4. The molecule has 36 heavy (non-hydrogen) atoms. The van der Waals surface area contributed by atoms with Crippen molar-refractivity contribution >= 4 is 22.4 Å². The number of fused-ring (bicyclic) bond motifs is 1. The van der Waals surface area contributed by atoms with Crippen molar-refractivity contribution in [1.29, 1.82) is 0 Å². The van der Waals surface area contributed by atoms with E-state index < -0.39 is 17.5 Å². The molecule has 0 radical (unpaired) electrons. The van der Waals surface area contributed by atoms with Crippen LogP contribution in [0.25, 0.3) is 10.8 Å². The lowest BCUT2D eigenvalue weighted by Crippen LogP contribution is -2.02. The van der Waals surface area contributed by atoms with Gasteiger partial charge < -0.3 is 0 Å². The topological polar surface area (TPSA) is 0 Å². The predicted molar refractivity (Wildman–Crippen MR) is 140 cm³/mol. The van der Waals surface area contributed by atoms with Crippen molar-refractivity contribution < 1.29 is 17.6 Å². The SMILES string of the molecule is CCCCCc1cc(F)c(CCc2ccc3c(F)c(CCc4ccc(Cl)c(F)c4)ccc3c2)c(F)c1. The molecule has 0 aromatic heterocycles. The molecule has 0 saturated heterocycles. The summed E-state index contributed by atoms with van der Waals surface area (Å²) in [7, 11) is 0. The van der Waals surface area contributed by atoms with Crippen LogP contribution in [0.5, 0.6) is 0 Å². The van der Waals surface area contributed by atoms with Crippen LogP contribution in [0.15, 0.2) is 60.7 Å². The Hall–Kier alpha value is -2.85. The Morgan fingerprint density at radius 2 is 1.28 bits per heavy atom. The molecule has 5 heteroatoms. The Morgan fingerprint density at radius 3 is 2.00 bits per heavy atom. The number of hydrogen-bond acceptors (Lipinski definition) is 0. The highest BCUT2D eigenvalue weighted by atomic mass is 35.5. The second-order valence-electron chi connectivity index (χ2n) is 9.34. The van der Waals surface area contributed by atoms with E-state index in [0.29, 0.717) is 42.2 Å². The van der Waals surface area contributed by atoms with Crippen LogP contribution in [0.3, 0.4) is 0 Å². The van der Waals surface area contributed by atoms with Gasteiger partial charge in [0.25, 0.3) is 0 Å². The molecule has 0 heterocycles. The second kappa shape index (κ2) is 11.9. The van der Waals surface area contributed by atoms with Crippen molar-refractivity contribution in [2.45, 2.75) is 58.3 Å². The van der Waals surface area contributed by atoms with Gasteiger partial charge in [-0.3, -0.25) is 0 Å².